The van der Waals surface area contributed by atoms with Gasteiger partial charge in [-0.15, -0.1) is 0 Å². The van der Waals surface area contributed by atoms with E-state index in [4.69, 9.17) is 23.2 Å². The third-order valence-electron chi connectivity index (χ3n) is 3.80. The highest BCUT2D eigenvalue weighted by Crippen LogP contribution is 2.31. The Bertz CT molecular complexity index is 671. The van der Waals surface area contributed by atoms with Gasteiger partial charge in [0.1, 0.15) is 0 Å². The molecule has 0 atom stereocenters. The van der Waals surface area contributed by atoms with E-state index in [9.17, 15) is 0 Å². The first-order valence-corrected chi connectivity index (χ1v) is 7.59. The summed E-state index contributed by atoms with van der Waals surface area (Å²) in [5.41, 5.74) is 5.04. The Hall–Kier alpha value is -1.25. The number of allylic oxidation sites excluding steroid dienone is 2. The number of rotatable bonds is 2. The van der Waals surface area contributed by atoms with Gasteiger partial charge in [-0.1, -0.05) is 35.3 Å². The largest absolute Gasteiger partial charge is 0.260 e. The standard InChI is InChI=1S/C16H16Cl2N2/c1-2-11-4-3-5-12-9-19-20(16(11)12)10-13-6-7-14(17)8-15(13)18/h2,6-9H,3-5,10H2,1H3/b11-2+. The number of nitrogens with zero attached hydrogens (tertiary/aromatic N) is 2. The molecule has 3 rings (SSSR count). The van der Waals surface area contributed by atoms with Gasteiger partial charge < -0.3 is 0 Å². The Labute approximate surface area is 129 Å². The number of aromatic nitrogens is 2. The summed E-state index contributed by atoms with van der Waals surface area (Å²) in [6, 6.07) is 5.62. The Morgan fingerprint density at radius 1 is 1.30 bits per heavy atom. The fraction of sp³-hybridized carbons (Fsp3) is 0.312. The van der Waals surface area contributed by atoms with Crippen LogP contribution in [0.4, 0.5) is 0 Å². The van der Waals surface area contributed by atoms with Crippen molar-refractivity contribution in [1.29, 1.82) is 0 Å². The maximum Gasteiger partial charge on any atom is 0.0681 e. The molecule has 2 nitrogen and oxygen atoms in total. The van der Waals surface area contributed by atoms with Crippen LogP contribution in [0.3, 0.4) is 0 Å². The van der Waals surface area contributed by atoms with Crippen molar-refractivity contribution in [3.05, 3.63) is 57.3 Å². The van der Waals surface area contributed by atoms with Crippen molar-refractivity contribution in [2.75, 3.05) is 0 Å². The molecule has 0 aliphatic heterocycles. The summed E-state index contributed by atoms with van der Waals surface area (Å²) in [5, 5.41) is 5.90. The quantitative estimate of drug-likeness (QED) is 0.765. The minimum Gasteiger partial charge on any atom is -0.260 e. The molecule has 1 aliphatic carbocycles. The number of hydrogen-bond donors (Lipinski definition) is 0. The molecule has 1 aromatic carbocycles. The van der Waals surface area contributed by atoms with Crippen LogP contribution >= 0.6 is 23.2 Å². The van der Waals surface area contributed by atoms with Gasteiger partial charge in [-0.3, -0.25) is 4.68 Å². The van der Waals surface area contributed by atoms with Crippen molar-refractivity contribution < 1.29 is 0 Å². The highest BCUT2D eigenvalue weighted by molar-refractivity contribution is 6.35. The Morgan fingerprint density at radius 3 is 2.90 bits per heavy atom. The summed E-state index contributed by atoms with van der Waals surface area (Å²) in [6.45, 7) is 2.78. The van der Waals surface area contributed by atoms with Gasteiger partial charge in [-0.2, -0.15) is 5.10 Å². The van der Waals surface area contributed by atoms with Crippen molar-refractivity contribution in [3.63, 3.8) is 0 Å². The first-order valence-electron chi connectivity index (χ1n) is 6.83. The van der Waals surface area contributed by atoms with Crippen LogP contribution in [0.5, 0.6) is 0 Å². The van der Waals surface area contributed by atoms with Crippen LogP contribution in [-0.4, -0.2) is 9.78 Å². The molecule has 104 valence electrons. The highest BCUT2D eigenvalue weighted by Gasteiger charge is 2.19. The van der Waals surface area contributed by atoms with Crippen LogP contribution in [0.1, 0.15) is 36.6 Å². The van der Waals surface area contributed by atoms with Gasteiger partial charge in [0, 0.05) is 10.0 Å². The van der Waals surface area contributed by atoms with Crippen molar-refractivity contribution in [2.24, 2.45) is 0 Å². The van der Waals surface area contributed by atoms with Gasteiger partial charge in [0.15, 0.2) is 0 Å². The first-order chi connectivity index (χ1) is 9.69. The van der Waals surface area contributed by atoms with Crippen LogP contribution in [0.25, 0.3) is 5.57 Å². The lowest BCUT2D eigenvalue weighted by atomic mass is 9.93. The molecule has 0 fully saturated rings. The second kappa shape index (κ2) is 5.63. The summed E-state index contributed by atoms with van der Waals surface area (Å²) in [4.78, 5) is 0. The normalized spacial score (nSPS) is 16.4. The lowest BCUT2D eigenvalue weighted by molar-refractivity contribution is 0.666. The monoisotopic (exact) mass is 306 g/mol. The minimum absolute atomic E-state index is 0.662. The number of aryl methyl sites for hydroxylation is 1. The van der Waals surface area contributed by atoms with Gasteiger partial charge >= 0.3 is 0 Å². The predicted molar refractivity (Wildman–Crippen MR) is 84.4 cm³/mol. The SMILES string of the molecule is C/C=C1\CCCc2cnn(Cc3ccc(Cl)cc3Cl)c21. The molecule has 1 aromatic heterocycles. The fourth-order valence-corrected chi connectivity index (χ4v) is 3.25. The lowest BCUT2D eigenvalue weighted by Crippen LogP contribution is -2.10. The molecule has 0 N–H and O–H groups in total. The van der Waals surface area contributed by atoms with E-state index < -0.39 is 0 Å². The number of benzene rings is 1. The average Bonchev–Trinajstić information content (AvgIpc) is 2.85. The van der Waals surface area contributed by atoms with E-state index >= 15 is 0 Å². The zero-order valence-electron chi connectivity index (χ0n) is 11.4. The van der Waals surface area contributed by atoms with E-state index in [1.165, 1.54) is 23.3 Å². The Balaban J connectivity index is 1.98. The predicted octanol–water partition coefficient (Wildman–Crippen LogP) is 4.98. The van der Waals surface area contributed by atoms with Gasteiger partial charge in [-0.05, 0) is 55.0 Å². The highest BCUT2D eigenvalue weighted by atomic mass is 35.5. The molecule has 1 heterocycles. The van der Waals surface area contributed by atoms with E-state index in [0.29, 0.717) is 16.6 Å². The van der Waals surface area contributed by atoms with Crippen molar-refractivity contribution in [3.8, 4) is 0 Å². The molecule has 0 radical (unpaired) electrons. The summed E-state index contributed by atoms with van der Waals surface area (Å²) >= 11 is 12.2. The van der Waals surface area contributed by atoms with Gasteiger partial charge in [-0.25, -0.2) is 0 Å². The molecule has 0 amide bonds. The van der Waals surface area contributed by atoms with Gasteiger partial charge in [0.2, 0.25) is 0 Å². The fourth-order valence-electron chi connectivity index (χ4n) is 2.78. The summed E-state index contributed by atoms with van der Waals surface area (Å²) in [5.74, 6) is 0. The molecule has 20 heavy (non-hydrogen) atoms. The van der Waals surface area contributed by atoms with E-state index in [2.05, 4.69) is 22.8 Å². The molecule has 1 aliphatic rings. The smallest absolute Gasteiger partial charge is 0.0681 e. The van der Waals surface area contributed by atoms with Crippen LogP contribution in [0, 0.1) is 0 Å². The van der Waals surface area contributed by atoms with Gasteiger partial charge in [0.25, 0.3) is 0 Å². The van der Waals surface area contributed by atoms with E-state index in [0.717, 1.165) is 18.4 Å². The molecule has 0 bridgehead atoms. The summed E-state index contributed by atoms with van der Waals surface area (Å²) in [7, 11) is 0. The number of hydrogen-bond acceptors (Lipinski definition) is 1. The Morgan fingerprint density at radius 2 is 2.15 bits per heavy atom. The minimum atomic E-state index is 0.662. The molecule has 4 heteroatoms. The molecular weight excluding hydrogens is 291 g/mol. The maximum absolute atomic E-state index is 6.26. The van der Waals surface area contributed by atoms with Crippen LogP contribution in [0.15, 0.2) is 30.5 Å². The summed E-state index contributed by atoms with van der Waals surface area (Å²) < 4.78 is 2.05. The molecule has 0 saturated carbocycles. The summed E-state index contributed by atoms with van der Waals surface area (Å²) in [6.07, 6.45) is 7.63. The molecule has 0 saturated heterocycles. The van der Waals surface area contributed by atoms with E-state index in [1.54, 1.807) is 6.07 Å². The maximum atomic E-state index is 6.26. The lowest BCUT2D eigenvalue weighted by Gasteiger charge is -2.18. The van der Waals surface area contributed by atoms with Crippen molar-refractivity contribution >= 4 is 28.8 Å². The third-order valence-corrected chi connectivity index (χ3v) is 4.38. The van der Waals surface area contributed by atoms with Crippen LogP contribution in [-0.2, 0) is 13.0 Å². The molecule has 0 spiro atoms. The number of halogens is 2. The molecule has 2 aromatic rings. The Kier molecular flexibility index (Phi) is 3.86. The van der Waals surface area contributed by atoms with Crippen LogP contribution in [0.2, 0.25) is 10.0 Å². The van der Waals surface area contributed by atoms with E-state index in [-0.39, 0.29) is 0 Å². The van der Waals surface area contributed by atoms with Crippen molar-refractivity contribution in [1.82, 2.24) is 9.78 Å². The molecular formula is C16H16Cl2N2. The van der Waals surface area contributed by atoms with E-state index in [1.807, 2.05) is 18.3 Å². The molecule has 0 unspecified atom stereocenters. The second-order valence-electron chi connectivity index (χ2n) is 5.08. The first kappa shape index (κ1) is 13.7. The average molecular weight is 307 g/mol. The van der Waals surface area contributed by atoms with Crippen molar-refractivity contribution in [2.45, 2.75) is 32.7 Å². The topological polar surface area (TPSA) is 17.8 Å². The third kappa shape index (κ3) is 2.50. The zero-order chi connectivity index (χ0) is 14.1. The zero-order valence-corrected chi connectivity index (χ0v) is 12.9. The second-order valence-corrected chi connectivity index (χ2v) is 5.92. The van der Waals surface area contributed by atoms with Crippen LogP contribution < -0.4 is 0 Å². The van der Waals surface area contributed by atoms with Gasteiger partial charge in [0.05, 0.1) is 18.4 Å². The number of fused-ring (bicyclic) bond motifs is 1.